The number of hydrogen-bond acceptors (Lipinski definition) is 3. The summed E-state index contributed by atoms with van der Waals surface area (Å²) in [6, 6.07) is 10.8. The summed E-state index contributed by atoms with van der Waals surface area (Å²) < 4.78 is 2.87. The van der Waals surface area contributed by atoms with E-state index in [1.54, 1.807) is 35.7 Å². The van der Waals surface area contributed by atoms with Crippen molar-refractivity contribution in [1.82, 2.24) is 19.5 Å². The summed E-state index contributed by atoms with van der Waals surface area (Å²) in [4.78, 5) is 24.4. The Kier molecular flexibility index (Phi) is 4.16. The summed E-state index contributed by atoms with van der Waals surface area (Å²) >= 11 is 6.05. The lowest BCUT2D eigenvalue weighted by molar-refractivity contribution is -0.122. The monoisotopic (exact) mass is 330 g/mol. The molecular weight excluding hydrogens is 316 g/mol. The Morgan fingerprint density at radius 1 is 1.26 bits per heavy atom. The van der Waals surface area contributed by atoms with Gasteiger partial charge >= 0.3 is 0 Å². The van der Waals surface area contributed by atoms with E-state index >= 15 is 0 Å². The Hall–Kier alpha value is -2.60. The van der Waals surface area contributed by atoms with Crippen LogP contribution >= 0.6 is 11.6 Å². The lowest BCUT2D eigenvalue weighted by Crippen LogP contribution is -2.34. The third-order valence-corrected chi connectivity index (χ3v) is 3.91. The van der Waals surface area contributed by atoms with Crippen LogP contribution < -0.4 is 10.9 Å². The van der Waals surface area contributed by atoms with Crippen LogP contribution in [-0.2, 0) is 17.9 Å². The molecule has 3 rings (SSSR count). The summed E-state index contributed by atoms with van der Waals surface area (Å²) in [7, 11) is 0. The molecule has 1 N–H and O–H groups in total. The van der Waals surface area contributed by atoms with Crippen LogP contribution in [0.15, 0.2) is 47.4 Å². The largest absolute Gasteiger partial charge is 0.350 e. The number of carbonyl (C=O) groups excluding carboxylic acids is 1. The highest BCUT2D eigenvalue weighted by molar-refractivity contribution is 6.31. The zero-order chi connectivity index (χ0) is 16.4. The van der Waals surface area contributed by atoms with Crippen LogP contribution in [0.25, 0.3) is 5.52 Å². The van der Waals surface area contributed by atoms with Gasteiger partial charge in [-0.05, 0) is 30.7 Å². The van der Waals surface area contributed by atoms with Crippen LogP contribution in [0.1, 0.15) is 11.4 Å². The van der Waals surface area contributed by atoms with Crippen molar-refractivity contribution in [2.75, 3.05) is 0 Å². The molecule has 118 valence electrons. The average molecular weight is 331 g/mol. The molecule has 0 radical (unpaired) electrons. The molecule has 0 fully saturated rings. The van der Waals surface area contributed by atoms with Crippen LogP contribution in [0.4, 0.5) is 0 Å². The number of nitrogens with one attached hydrogen (secondary N) is 1. The van der Waals surface area contributed by atoms with Crippen molar-refractivity contribution in [2.45, 2.75) is 20.0 Å². The molecule has 0 aliphatic heterocycles. The Morgan fingerprint density at radius 2 is 2.04 bits per heavy atom. The first-order valence-electron chi connectivity index (χ1n) is 7.11. The van der Waals surface area contributed by atoms with Gasteiger partial charge in [-0.2, -0.15) is 5.10 Å². The third-order valence-electron chi connectivity index (χ3n) is 3.54. The number of aryl methyl sites for hydroxylation is 1. The van der Waals surface area contributed by atoms with Gasteiger partial charge in [0, 0.05) is 17.8 Å². The van der Waals surface area contributed by atoms with Gasteiger partial charge < -0.3 is 5.32 Å². The second kappa shape index (κ2) is 6.26. The van der Waals surface area contributed by atoms with E-state index in [9.17, 15) is 9.59 Å². The van der Waals surface area contributed by atoms with E-state index in [0.717, 1.165) is 5.56 Å². The fourth-order valence-corrected chi connectivity index (χ4v) is 2.58. The summed E-state index contributed by atoms with van der Waals surface area (Å²) in [6.07, 6.45) is 1.76. The van der Waals surface area contributed by atoms with Crippen molar-refractivity contribution in [3.05, 3.63) is 69.4 Å². The fraction of sp³-hybridized carbons (Fsp3) is 0.188. The van der Waals surface area contributed by atoms with Crippen LogP contribution in [0.5, 0.6) is 0 Å². The maximum Gasteiger partial charge on any atom is 0.291 e. The molecule has 1 amide bonds. The van der Waals surface area contributed by atoms with Gasteiger partial charge in [0.25, 0.3) is 5.56 Å². The quantitative estimate of drug-likeness (QED) is 0.792. The molecule has 1 aromatic carbocycles. The molecule has 0 unspecified atom stereocenters. The van der Waals surface area contributed by atoms with Crippen molar-refractivity contribution in [3.63, 3.8) is 0 Å². The molecule has 7 heteroatoms. The minimum Gasteiger partial charge on any atom is -0.350 e. The molecule has 2 heterocycles. The highest BCUT2D eigenvalue weighted by Crippen LogP contribution is 2.14. The summed E-state index contributed by atoms with van der Waals surface area (Å²) in [5.74, 6) is 0.346. The zero-order valence-corrected chi connectivity index (χ0v) is 13.2. The first kappa shape index (κ1) is 15.3. The van der Waals surface area contributed by atoms with Crippen molar-refractivity contribution in [1.29, 1.82) is 0 Å². The molecule has 0 saturated carbocycles. The Balaban J connectivity index is 1.74. The molecule has 0 aliphatic carbocycles. The van der Waals surface area contributed by atoms with Crippen LogP contribution in [0.2, 0.25) is 5.02 Å². The topological polar surface area (TPSA) is 68.4 Å². The number of hydrogen-bond donors (Lipinski definition) is 1. The summed E-state index contributed by atoms with van der Waals surface area (Å²) in [6.45, 7) is 1.95. The third kappa shape index (κ3) is 3.12. The molecule has 0 bridgehead atoms. The fourth-order valence-electron chi connectivity index (χ4n) is 2.37. The van der Waals surface area contributed by atoms with Gasteiger partial charge in [0.15, 0.2) is 0 Å². The van der Waals surface area contributed by atoms with Gasteiger partial charge in [0.2, 0.25) is 5.91 Å². The minimum absolute atomic E-state index is 0.133. The standard InChI is InChI=1S/C16H15ClN4O2/c1-11-19-21(16(23)14-7-4-8-20(11)14)10-15(22)18-9-12-5-2-3-6-13(12)17/h2-8H,9-10H2,1H3,(H,18,22). The van der Waals surface area contributed by atoms with Gasteiger partial charge in [-0.25, -0.2) is 4.68 Å². The highest BCUT2D eigenvalue weighted by Gasteiger charge is 2.11. The van der Waals surface area contributed by atoms with Crippen molar-refractivity contribution in [2.24, 2.45) is 0 Å². The maximum atomic E-state index is 12.3. The molecule has 6 nitrogen and oxygen atoms in total. The number of benzene rings is 1. The SMILES string of the molecule is Cc1nn(CC(=O)NCc2ccccc2Cl)c(=O)c2cccn12. The molecule has 0 saturated heterocycles. The van der Waals surface area contributed by atoms with Gasteiger partial charge in [0.05, 0.1) is 0 Å². The van der Waals surface area contributed by atoms with Gasteiger partial charge in [-0.15, -0.1) is 0 Å². The average Bonchev–Trinajstić information content (AvgIpc) is 3.02. The Bertz CT molecular complexity index is 929. The highest BCUT2D eigenvalue weighted by atomic mass is 35.5. The van der Waals surface area contributed by atoms with E-state index in [4.69, 9.17) is 11.6 Å². The lowest BCUT2D eigenvalue weighted by Gasteiger charge is -2.09. The molecule has 23 heavy (non-hydrogen) atoms. The zero-order valence-electron chi connectivity index (χ0n) is 12.5. The minimum atomic E-state index is -0.298. The van der Waals surface area contributed by atoms with E-state index < -0.39 is 0 Å². The van der Waals surface area contributed by atoms with Crippen LogP contribution in [0.3, 0.4) is 0 Å². The first-order chi connectivity index (χ1) is 11.1. The molecule has 0 aliphatic rings. The van der Waals surface area contributed by atoms with E-state index in [-0.39, 0.29) is 18.0 Å². The molecule has 2 aromatic heterocycles. The van der Waals surface area contributed by atoms with Gasteiger partial charge in [-0.3, -0.25) is 14.0 Å². The number of halogens is 1. The number of rotatable bonds is 4. The predicted octanol–water partition coefficient (Wildman–Crippen LogP) is 1.77. The van der Waals surface area contributed by atoms with Gasteiger partial charge in [-0.1, -0.05) is 29.8 Å². The van der Waals surface area contributed by atoms with E-state index in [2.05, 4.69) is 10.4 Å². The lowest BCUT2D eigenvalue weighted by atomic mass is 10.2. The van der Waals surface area contributed by atoms with Crippen LogP contribution in [0, 0.1) is 6.92 Å². The van der Waals surface area contributed by atoms with Crippen LogP contribution in [-0.4, -0.2) is 20.1 Å². The van der Waals surface area contributed by atoms with E-state index in [1.807, 2.05) is 18.2 Å². The first-order valence-corrected chi connectivity index (χ1v) is 7.49. The molecule has 0 atom stereocenters. The second-order valence-corrected chi connectivity index (χ2v) is 5.55. The molecule has 0 spiro atoms. The number of nitrogens with zero attached hydrogens (tertiary/aromatic N) is 3. The number of carbonyl (C=O) groups is 1. The maximum absolute atomic E-state index is 12.3. The predicted molar refractivity (Wildman–Crippen MR) is 87.5 cm³/mol. The van der Waals surface area contributed by atoms with Gasteiger partial charge in [0.1, 0.15) is 17.9 Å². The Morgan fingerprint density at radius 3 is 2.83 bits per heavy atom. The van der Waals surface area contributed by atoms with E-state index in [0.29, 0.717) is 22.9 Å². The second-order valence-electron chi connectivity index (χ2n) is 5.14. The molecule has 3 aromatic rings. The molecular formula is C16H15ClN4O2. The number of aromatic nitrogens is 3. The van der Waals surface area contributed by atoms with Crippen molar-refractivity contribution >= 4 is 23.0 Å². The summed E-state index contributed by atoms with van der Waals surface area (Å²) in [5.41, 5.74) is 1.02. The van der Waals surface area contributed by atoms with Crippen molar-refractivity contribution in [3.8, 4) is 0 Å². The number of amides is 1. The summed E-state index contributed by atoms with van der Waals surface area (Å²) in [5, 5.41) is 7.50. The van der Waals surface area contributed by atoms with E-state index in [1.165, 1.54) is 4.68 Å². The van der Waals surface area contributed by atoms with Crippen molar-refractivity contribution < 1.29 is 4.79 Å². The Labute approximate surface area is 137 Å². The normalized spacial score (nSPS) is 10.9. The number of fused-ring (bicyclic) bond motifs is 1. The smallest absolute Gasteiger partial charge is 0.291 e.